The molecular weight excluding hydrogens is 172 g/mol. The molecule has 1 nitrogen and oxygen atoms in total. The summed E-state index contributed by atoms with van der Waals surface area (Å²) in [4.78, 5) is 11.2. The van der Waals surface area contributed by atoms with Gasteiger partial charge in [-0.25, -0.2) is 0 Å². The van der Waals surface area contributed by atoms with Crippen molar-refractivity contribution in [3.8, 4) is 0 Å². The average Bonchev–Trinajstić information content (AvgIpc) is 2.03. The second kappa shape index (κ2) is 7.31. The van der Waals surface area contributed by atoms with Gasteiger partial charge >= 0.3 is 0 Å². The molecule has 0 aliphatic carbocycles. The number of carbonyl (C=O) groups is 1. The number of hydrogen-bond donors (Lipinski definition) is 0. The molecule has 0 heterocycles. The lowest BCUT2D eigenvalue weighted by atomic mass is 10.1. The molecule has 0 atom stereocenters. The zero-order chi connectivity index (χ0) is 11.0. The Morgan fingerprint density at radius 2 is 1.93 bits per heavy atom. The van der Waals surface area contributed by atoms with E-state index in [4.69, 9.17) is 0 Å². The normalized spacial score (nSPS) is 10.9. The van der Waals surface area contributed by atoms with E-state index >= 15 is 0 Å². The smallest absolute Gasteiger partial charge is 0.159 e. The minimum absolute atomic E-state index is 0.148. The van der Waals surface area contributed by atoms with E-state index in [1.807, 2.05) is 6.92 Å². The number of allylic oxidation sites excluding steroid dienone is 5. The number of ketones is 1. The van der Waals surface area contributed by atoms with Crippen molar-refractivity contribution in [2.24, 2.45) is 0 Å². The van der Waals surface area contributed by atoms with E-state index in [0.29, 0.717) is 6.42 Å². The predicted molar refractivity (Wildman–Crippen MR) is 62.2 cm³/mol. The van der Waals surface area contributed by atoms with Crippen LogP contribution in [0.4, 0.5) is 0 Å². The SMILES string of the molecule is C=CCC(=O)C=C(C)CCC=C(C)C. The second-order valence-corrected chi connectivity index (χ2v) is 3.77. The predicted octanol–water partition coefficient (Wildman–Crippen LogP) is 3.82. The first-order valence-electron chi connectivity index (χ1n) is 5.00. The van der Waals surface area contributed by atoms with Gasteiger partial charge in [0.15, 0.2) is 5.78 Å². The minimum atomic E-state index is 0.148. The Morgan fingerprint density at radius 3 is 2.43 bits per heavy atom. The molecule has 0 radical (unpaired) electrons. The fourth-order valence-electron chi connectivity index (χ4n) is 1.14. The van der Waals surface area contributed by atoms with E-state index in [0.717, 1.165) is 18.4 Å². The maximum absolute atomic E-state index is 11.2. The van der Waals surface area contributed by atoms with Gasteiger partial charge in [0.05, 0.1) is 0 Å². The molecule has 0 rings (SSSR count). The molecule has 0 aliphatic heterocycles. The summed E-state index contributed by atoms with van der Waals surface area (Å²) in [7, 11) is 0. The molecule has 78 valence electrons. The molecule has 0 amide bonds. The summed E-state index contributed by atoms with van der Waals surface area (Å²) in [6.07, 6.45) is 7.98. The fourth-order valence-corrected chi connectivity index (χ4v) is 1.14. The lowest BCUT2D eigenvalue weighted by Gasteiger charge is -1.97. The maximum Gasteiger partial charge on any atom is 0.159 e. The van der Waals surface area contributed by atoms with Gasteiger partial charge < -0.3 is 0 Å². The van der Waals surface area contributed by atoms with Gasteiger partial charge in [-0.2, -0.15) is 0 Å². The van der Waals surface area contributed by atoms with Crippen molar-refractivity contribution >= 4 is 5.78 Å². The zero-order valence-corrected chi connectivity index (χ0v) is 9.47. The lowest BCUT2D eigenvalue weighted by molar-refractivity contribution is -0.113. The molecule has 0 bridgehead atoms. The molecule has 0 aromatic carbocycles. The first-order valence-corrected chi connectivity index (χ1v) is 5.00. The molecular formula is C13H20O. The van der Waals surface area contributed by atoms with E-state index in [9.17, 15) is 4.79 Å². The van der Waals surface area contributed by atoms with Crippen LogP contribution in [0, 0.1) is 0 Å². The van der Waals surface area contributed by atoms with Crippen molar-refractivity contribution in [1.29, 1.82) is 0 Å². The Morgan fingerprint density at radius 1 is 1.29 bits per heavy atom. The van der Waals surface area contributed by atoms with Crippen LogP contribution < -0.4 is 0 Å². The van der Waals surface area contributed by atoms with E-state index in [-0.39, 0.29) is 5.78 Å². The van der Waals surface area contributed by atoms with Crippen LogP contribution >= 0.6 is 0 Å². The molecule has 0 aliphatic rings. The molecule has 1 heteroatoms. The fraction of sp³-hybridized carbons (Fsp3) is 0.462. The zero-order valence-electron chi connectivity index (χ0n) is 9.47. The van der Waals surface area contributed by atoms with E-state index in [1.54, 1.807) is 12.2 Å². The van der Waals surface area contributed by atoms with Gasteiger partial charge in [0, 0.05) is 6.42 Å². The summed E-state index contributed by atoms with van der Waals surface area (Å²) >= 11 is 0. The van der Waals surface area contributed by atoms with Crippen LogP contribution in [0.5, 0.6) is 0 Å². The summed E-state index contributed by atoms with van der Waals surface area (Å²) in [5.41, 5.74) is 2.48. The minimum Gasteiger partial charge on any atom is -0.295 e. The van der Waals surface area contributed by atoms with Crippen molar-refractivity contribution in [1.82, 2.24) is 0 Å². The largest absolute Gasteiger partial charge is 0.295 e. The first kappa shape index (κ1) is 12.9. The third kappa shape index (κ3) is 7.53. The van der Waals surface area contributed by atoms with Crippen molar-refractivity contribution in [2.45, 2.75) is 40.0 Å². The lowest BCUT2D eigenvalue weighted by Crippen LogP contribution is -1.91. The summed E-state index contributed by atoms with van der Waals surface area (Å²) in [6, 6.07) is 0. The quantitative estimate of drug-likeness (QED) is 0.462. The molecule has 0 N–H and O–H groups in total. The molecule has 0 fully saturated rings. The van der Waals surface area contributed by atoms with Gasteiger partial charge in [0.2, 0.25) is 0 Å². The van der Waals surface area contributed by atoms with Gasteiger partial charge in [-0.3, -0.25) is 4.79 Å². The molecule has 0 aromatic heterocycles. The molecule has 0 unspecified atom stereocenters. The number of rotatable bonds is 6. The van der Waals surface area contributed by atoms with Crippen molar-refractivity contribution in [2.75, 3.05) is 0 Å². The van der Waals surface area contributed by atoms with Crippen LogP contribution in [0.1, 0.15) is 40.0 Å². The van der Waals surface area contributed by atoms with E-state index in [2.05, 4.69) is 26.5 Å². The van der Waals surface area contributed by atoms with Crippen LogP contribution in [0.3, 0.4) is 0 Å². The maximum atomic E-state index is 11.2. The Bertz CT molecular complexity index is 252. The van der Waals surface area contributed by atoms with Gasteiger partial charge in [0.1, 0.15) is 0 Å². The van der Waals surface area contributed by atoms with E-state index in [1.165, 1.54) is 5.57 Å². The number of carbonyl (C=O) groups excluding carboxylic acids is 1. The molecule has 14 heavy (non-hydrogen) atoms. The first-order chi connectivity index (χ1) is 6.56. The third-order valence-corrected chi connectivity index (χ3v) is 1.84. The average molecular weight is 192 g/mol. The van der Waals surface area contributed by atoms with Gasteiger partial charge in [-0.1, -0.05) is 23.3 Å². The highest BCUT2D eigenvalue weighted by molar-refractivity contribution is 5.91. The molecule has 0 aromatic rings. The van der Waals surface area contributed by atoms with Crippen molar-refractivity contribution in [3.05, 3.63) is 36.0 Å². The molecule has 0 spiro atoms. The Balaban J connectivity index is 3.94. The Hall–Kier alpha value is -1.11. The highest BCUT2D eigenvalue weighted by Crippen LogP contribution is 2.07. The van der Waals surface area contributed by atoms with Crippen molar-refractivity contribution < 1.29 is 4.79 Å². The van der Waals surface area contributed by atoms with Crippen LogP contribution in [0.2, 0.25) is 0 Å². The van der Waals surface area contributed by atoms with Crippen LogP contribution in [0.25, 0.3) is 0 Å². The summed E-state index contributed by atoms with van der Waals surface area (Å²) < 4.78 is 0. The number of hydrogen-bond acceptors (Lipinski definition) is 1. The highest BCUT2D eigenvalue weighted by atomic mass is 16.1. The van der Waals surface area contributed by atoms with E-state index < -0.39 is 0 Å². The topological polar surface area (TPSA) is 17.1 Å². The van der Waals surface area contributed by atoms with Crippen LogP contribution in [-0.2, 0) is 4.79 Å². The highest BCUT2D eigenvalue weighted by Gasteiger charge is 1.95. The summed E-state index contributed by atoms with van der Waals surface area (Å²) in [5.74, 6) is 0.148. The van der Waals surface area contributed by atoms with Crippen molar-refractivity contribution in [3.63, 3.8) is 0 Å². The van der Waals surface area contributed by atoms with Crippen LogP contribution in [-0.4, -0.2) is 5.78 Å². The second-order valence-electron chi connectivity index (χ2n) is 3.77. The molecule has 0 saturated heterocycles. The Kier molecular flexibility index (Phi) is 6.73. The summed E-state index contributed by atoms with van der Waals surface area (Å²) in [5, 5.41) is 0. The Labute approximate surface area is 87.2 Å². The summed E-state index contributed by atoms with van der Waals surface area (Å²) in [6.45, 7) is 9.70. The molecule has 0 saturated carbocycles. The van der Waals surface area contributed by atoms with Gasteiger partial charge in [0.25, 0.3) is 0 Å². The van der Waals surface area contributed by atoms with Crippen LogP contribution in [0.15, 0.2) is 36.0 Å². The van der Waals surface area contributed by atoms with Gasteiger partial charge in [-0.15, -0.1) is 6.58 Å². The standard InChI is InChI=1S/C13H20O/c1-5-7-13(14)10-12(4)9-6-8-11(2)3/h5,8,10H,1,6-7,9H2,2-4H3. The monoisotopic (exact) mass is 192 g/mol. The van der Waals surface area contributed by atoms with Gasteiger partial charge in [-0.05, 0) is 39.7 Å². The third-order valence-electron chi connectivity index (χ3n) is 1.84.